The minimum Gasteiger partial charge on any atom is -0.368 e. The molecule has 0 spiro atoms. The van der Waals surface area contributed by atoms with E-state index < -0.39 is 11.0 Å². The molecule has 2 N–H and O–H groups in total. The van der Waals surface area contributed by atoms with Gasteiger partial charge >= 0.3 is 0 Å². The van der Waals surface area contributed by atoms with E-state index in [1.165, 1.54) is 18.2 Å². The number of amides is 1. The molecule has 1 aromatic carbocycles. The van der Waals surface area contributed by atoms with Gasteiger partial charge in [-0.2, -0.15) is 5.26 Å². The van der Waals surface area contributed by atoms with Gasteiger partial charge in [-0.15, -0.1) is 0 Å². The van der Waals surface area contributed by atoms with Crippen LogP contribution in [0.15, 0.2) is 18.2 Å². The second kappa shape index (κ2) is 6.22. The van der Waals surface area contributed by atoms with Crippen LogP contribution in [0.2, 0.25) is 0 Å². The van der Waals surface area contributed by atoms with Gasteiger partial charge in [0.05, 0.1) is 16.6 Å². The Morgan fingerprint density at radius 3 is 2.52 bits per heavy atom. The van der Waals surface area contributed by atoms with Crippen molar-refractivity contribution in [2.24, 2.45) is 0 Å². The van der Waals surface area contributed by atoms with E-state index in [-0.39, 0.29) is 28.4 Å². The maximum absolute atomic E-state index is 12.0. The molecule has 0 aliphatic carbocycles. The molecule has 0 fully saturated rings. The van der Waals surface area contributed by atoms with Crippen molar-refractivity contribution in [1.82, 2.24) is 5.32 Å². The lowest BCUT2D eigenvalue weighted by Gasteiger charge is -2.24. The summed E-state index contributed by atoms with van der Waals surface area (Å²) < 4.78 is 0. The van der Waals surface area contributed by atoms with Gasteiger partial charge in [0.2, 0.25) is 5.91 Å². The van der Waals surface area contributed by atoms with Crippen LogP contribution in [0.1, 0.15) is 33.3 Å². The predicted molar refractivity (Wildman–Crippen MR) is 78.8 cm³/mol. The minimum atomic E-state index is -0.643. The summed E-state index contributed by atoms with van der Waals surface area (Å²) in [6.45, 7) is 7.16. The molecule has 21 heavy (non-hydrogen) atoms. The number of nitrogens with one attached hydrogen (secondary N) is 2. The molecule has 1 unspecified atom stereocenters. The summed E-state index contributed by atoms with van der Waals surface area (Å²) in [4.78, 5) is 22.4. The Morgan fingerprint density at radius 2 is 2.05 bits per heavy atom. The normalized spacial score (nSPS) is 12.1. The van der Waals surface area contributed by atoms with E-state index in [1.54, 1.807) is 6.92 Å². The van der Waals surface area contributed by atoms with Crippen LogP contribution in [0.5, 0.6) is 0 Å². The Morgan fingerprint density at radius 1 is 1.43 bits per heavy atom. The maximum Gasteiger partial charge on any atom is 0.293 e. The first-order chi connectivity index (χ1) is 9.64. The highest BCUT2D eigenvalue weighted by Crippen LogP contribution is 2.26. The van der Waals surface area contributed by atoms with Gasteiger partial charge in [0, 0.05) is 11.6 Å². The van der Waals surface area contributed by atoms with E-state index in [0.29, 0.717) is 0 Å². The molecular weight excluding hydrogens is 272 g/mol. The van der Waals surface area contributed by atoms with Crippen molar-refractivity contribution in [3.8, 4) is 6.07 Å². The number of nitrogens with zero attached hydrogens (tertiary/aromatic N) is 2. The van der Waals surface area contributed by atoms with Crippen molar-refractivity contribution in [3.63, 3.8) is 0 Å². The summed E-state index contributed by atoms with van der Waals surface area (Å²) in [7, 11) is 0. The van der Waals surface area contributed by atoms with Gasteiger partial charge in [0.15, 0.2) is 0 Å². The highest BCUT2D eigenvalue weighted by atomic mass is 16.6. The van der Waals surface area contributed by atoms with Crippen LogP contribution in [0.4, 0.5) is 11.4 Å². The molecule has 0 saturated heterocycles. The van der Waals surface area contributed by atoms with E-state index in [9.17, 15) is 14.9 Å². The van der Waals surface area contributed by atoms with Crippen molar-refractivity contribution < 1.29 is 9.72 Å². The second-order valence-electron chi connectivity index (χ2n) is 5.71. The molecule has 0 saturated carbocycles. The topological polar surface area (TPSA) is 108 Å². The molecular formula is C14H18N4O3. The first-order valence-electron chi connectivity index (χ1n) is 6.41. The van der Waals surface area contributed by atoms with Crippen LogP contribution in [-0.4, -0.2) is 22.4 Å². The standard InChI is InChI=1S/C14H18N4O3/c1-9(13(19)17-14(2,3)4)16-11-6-5-10(8-15)7-12(11)18(20)21/h5-7,9,16H,1-4H3,(H,17,19). The van der Waals surface area contributed by atoms with Gasteiger partial charge in [0.25, 0.3) is 5.69 Å². The number of rotatable bonds is 4. The summed E-state index contributed by atoms with van der Waals surface area (Å²) in [5.74, 6) is -0.263. The molecule has 0 aliphatic heterocycles. The number of carbonyl (C=O) groups is 1. The minimum absolute atomic E-state index is 0.194. The fourth-order valence-corrected chi connectivity index (χ4v) is 1.65. The molecule has 112 valence electrons. The Bertz CT molecular complexity index is 599. The van der Waals surface area contributed by atoms with Gasteiger partial charge in [-0.25, -0.2) is 0 Å². The van der Waals surface area contributed by atoms with E-state index >= 15 is 0 Å². The number of carbonyl (C=O) groups excluding carboxylic acids is 1. The summed E-state index contributed by atoms with van der Waals surface area (Å²) in [6.07, 6.45) is 0. The van der Waals surface area contributed by atoms with Crippen LogP contribution in [0.25, 0.3) is 0 Å². The average molecular weight is 290 g/mol. The molecule has 0 aliphatic rings. The van der Waals surface area contributed by atoms with E-state index in [1.807, 2.05) is 26.8 Å². The van der Waals surface area contributed by atoms with E-state index in [2.05, 4.69) is 10.6 Å². The highest BCUT2D eigenvalue weighted by Gasteiger charge is 2.22. The summed E-state index contributed by atoms with van der Waals surface area (Å²) in [5.41, 5.74) is -0.219. The lowest BCUT2D eigenvalue weighted by atomic mass is 10.1. The van der Waals surface area contributed by atoms with Gasteiger partial charge in [-0.1, -0.05) is 0 Å². The number of hydrogen-bond acceptors (Lipinski definition) is 5. The molecule has 1 aromatic rings. The van der Waals surface area contributed by atoms with Crippen molar-refractivity contribution in [1.29, 1.82) is 5.26 Å². The molecule has 0 heterocycles. The molecule has 1 rings (SSSR count). The first-order valence-corrected chi connectivity index (χ1v) is 6.41. The SMILES string of the molecule is CC(Nc1ccc(C#N)cc1[N+](=O)[O-])C(=O)NC(C)(C)C. The monoisotopic (exact) mass is 290 g/mol. The highest BCUT2D eigenvalue weighted by molar-refractivity contribution is 5.85. The van der Waals surface area contributed by atoms with Crippen LogP contribution in [0, 0.1) is 21.4 Å². The predicted octanol–water partition coefficient (Wildman–Crippen LogP) is 2.18. The third kappa shape index (κ3) is 4.76. The number of anilines is 1. The molecule has 1 atom stereocenters. The largest absolute Gasteiger partial charge is 0.368 e. The van der Waals surface area contributed by atoms with Crippen LogP contribution in [-0.2, 0) is 4.79 Å². The molecule has 7 heteroatoms. The number of nitro groups is 1. The smallest absolute Gasteiger partial charge is 0.293 e. The Balaban J connectivity index is 2.95. The van der Waals surface area contributed by atoms with Crippen LogP contribution < -0.4 is 10.6 Å². The fraction of sp³-hybridized carbons (Fsp3) is 0.429. The van der Waals surface area contributed by atoms with Gasteiger partial charge in [0.1, 0.15) is 11.7 Å². The zero-order valence-electron chi connectivity index (χ0n) is 12.4. The lowest BCUT2D eigenvalue weighted by Crippen LogP contribution is -2.47. The van der Waals surface area contributed by atoms with Crippen molar-refractivity contribution in [2.75, 3.05) is 5.32 Å². The number of hydrogen-bond donors (Lipinski definition) is 2. The summed E-state index contributed by atoms with van der Waals surface area (Å²) in [5, 5.41) is 25.4. The summed E-state index contributed by atoms with van der Waals surface area (Å²) in [6, 6.07) is 5.27. The van der Waals surface area contributed by atoms with Gasteiger partial charge < -0.3 is 10.6 Å². The number of nitro benzene ring substituents is 1. The molecule has 7 nitrogen and oxygen atoms in total. The Hall–Kier alpha value is -2.62. The Labute approximate surface area is 123 Å². The average Bonchev–Trinajstić information content (AvgIpc) is 2.36. The van der Waals surface area contributed by atoms with Gasteiger partial charge in [-0.05, 0) is 39.8 Å². The summed E-state index contributed by atoms with van der Waals surface area (Å²) >= 11 is 0. The van der Waals surface area contributed by atoms with Crippen molar-refractivity contribution >= 4 is 17.3 Å². The molecule has 0 bridgehead atoms. The zero-order chi connectivity index (χ0) is 16.2. The Kier molecular flexibility index (Phi) is 4.87. The molecule has 0 radical (unpaired) electrons. The van der Waals surface area contributed by atoms with Crippen LogP contribution in [0.3, 0.4) is 0 Å². The van der Waals surface area contributed by atoms with Gasteiger partial charge in [-0.3, -0.25) is 14.9 Å². The molecule has 1 amide bonds. The first kappa shape index (κ1) is 16.4. The van der Waals surface area contributed by atoms with Crippen LogP contribution >= 0.6 is 0 Å². The third-order valence-electron chi connectivity index (χ3n) is 2.59. The molecule has 0 aromatic heterocycles. The zero-order valence-corrected chi connectivity index (χ0v) is 12.4. The third-order valence-corrected chi connectivity index (χ3v) is 2.59. The lowest BCUT2D eigenvalue weighted by molar-refractivity contribution is -0.384. The van der Waals surface area contributed by atoms with Crippen molar-refractivity contribution in [3.05, 3.63) is 33.9 Å². The fourth-order valence-electron chi connectivity index (χ4n) is 1.65. The van der Waals surface area contributed by atoms with E-state index in [0.717, 1.165) is 0 Å². The van der Waals surface area contributed by atoms with Crippen molar-refractivity contribution in [2.45, 2.75) is 39.3 Å². The van der Waals surface area contributed by atoms with E-state index in [4.69, 9.17) is 5.26 Å². The second-order valence-corrected chi connectivity index (χ2v) is 5.71. The number of nitriles is 1. The quantitative estimate of drug-likeness (QED) is 0.652. The number of benzene rings is 1. The maximum atomic E-state index is 12.0.